The molecule has 0 amide bonds. The molecule has 2 heteroatoms. The first-order chi connectivity index (χ1) is 37.7. The molecule has 0 N–H and O–H groups in total. The van der Waals surface area contributed by atoms with Crippen molar-refractivity contribution in [3.8, 4) is 39.1 Å². The van der Waals surface area contributed by atoms with Gasteiger partial charge in [-0.3, -0.25) is 0 Å². The number of fused-ring (bicyclic) bond motifs is 9. The maximum atomic E-state index is 2.49. The van der Waals surface area contributed by atoms with Gasteiger partial charge < -0.3 is 9.47 Å². The van der Waals surface area contributed by atoms with Crippen LogP contribution in [0.15, 0.2) is 303 Å². The third-order valence-corrected chi connectivity index (χ3v) is 16.5. The predicted molar refractivity (Wildman–Crippen MR) is 316 cm³/mol. The molecular formula is C74H50N2. The van der Waals surface area contributed by atoms with Crippen LogP contribution in [0.2, 0.25) is 0 Å². The van der Waals surface area contributed by atoms with Crippen molar-refractivity contribution in [1.29, 1.82) is 0 Å². The average Bonchev–Trinajstić information content (AvgIpc) is 4.14. The van der Waals surface area contributed by atoms with Gasteiger partial charge in [0.25, 0.3) is 0 Å². The molecule has 0 radical (unpaired) electrons. The zero-order valence-corrected chi connectivity index (χ0v) is 41.8. The molecule has 2 aliphatic carbocycles. The van der Waals surface area contributed by atoms with Gasteiger partial charge in [-0.05, 0) is 139 Å². The second-order valence-electron chi connectivity index (χ2n) is 20.3. The largest absolute Gasteiger partial charge is 0.310 e. The minimum Gasteiger partial charge on any atom is -0.310 e. The van der Waals surface area contributed by atoms with Crippen LogP contribution < -0.4 is 4.90 Å². The SMILES string of the molecule is c1ccc(-n2c3ccccc3c3ccc(-c4ccc(N(c5cccc(C6(c7ccccc7)c7ccccc7-c7ccccc76)c5)c5ccc6c(c5)C(c5ccccc5)(c5ccccc5)c5ccccc5-6)cc4)cc32)cc1. The van der Waals surface area contributed by atoms with Crippen LogP contribution in [-0.2, 0) is 10.8 Å². The third kappa shape index (κ3) is 6.41. The van der Waals surface area contributed by atoms with Crippen LogP contribution in [0.25, 0.3) is 60.9 Å². The van der Waals surface area contributed by atoms with Crippen molar-refractivity contribution in [1.82, 2.24) is 4.57 Å². The Labute approximate surface area is 443 Å². The van der Waals surface area contributed by atoms with Gasteiger partial charge in [0.05, 0.1) is 21.9 Å². The summed E-state index contributed by atoms with van der Waals surface area (Å²) in [6.07, 6.45) is 0. The molecule has 0 saturated carbocycles. The summed E-state index contributed by atoms with van der Waals surface area (Å²) in [6, 6.07) is 113. The molecule has 1 aromatic heterocycles. The zero-order chi connectivity index (χ0) is 50.2. The smallest absolute Gasteiger partial charge is 0.0714 e. The highest BCUT2D eigenvalue weighted by Crippen LogP contribution is 2.59. The lowest BCUT2D eigenvalue weighted by Crippen LogP contribution is -2.29. The average molecular weight is 967 g/mol. The second kappa shape index (κ2) is 17.4. The van der Waals surface area contributed by atoms with E-state index in [2.05, 4.69) is 313 Å². The van der Waals surface area contributed by atoms with Crippen LogP contribution in [0.5, 0.6) is 0 Å². The summed E-state index contributed by atoms with van der Waals surface area (Å²) in [5.41, 5.74) is 23.2. The maximum Gasteiger partial charge on any atom is 0.0714 e. The highest BCUT2D eigenvalue weighted by molar-refractivity contribution is 6.10. The van der Waals surface area contributed by atoms with E-state index in [1.54, 1.807) is 0 Å². The van der Waals surface area contributed by atoms with Gasteiger partial charge in [0, 0.05) is 33.5 Å². The van der Waals surface area contributed by atoms with Gasteiger partial charge >= 0.3 is 0 Å². The number of anilines is 3. The van der Waals surface area contributed by atoms with Crippen molar-refractivity contribution in [2.75, 3.05) is 4.90 Å². The molecule has 13 aromatic rings. The molecule has 0 fully saturated rings. The summed E-state index contributed by atoms with van der Waals surface area (Å²) in [7, 11) is 0. The minimum atomic E-state index is -0.559. The quantitative estimate of drug-likeness (QED) is 0.140. The molecule has 2 aliphatic rings. The minimum absolute atomic E-state index is 0.558. The molecule has 0 spiro atoms. The van der Waals surface area contributed by atoms with Crippen LogP contribution in [0.1, 0.15) is 44.5 Å². The molecule has 1 heterocycles. The number of para-hydroxylation sites is 2. The van der Waals surface area contributed by atoms with E-state index in [0.29, 0.717) is 0 Å². The van der Waals surface area contributed by atoms with Crippen molar-refractivity contribution in [3.63, 3.8) is 0 Å². The molecule has 0 bridgehead atoms. The maximum absolute atomic E-state index is 2.49. The van der Waals surface area contributed by atoms with Gasteiger partial charge in [0.2, 0.25) is 0 Å². The Hall–Kier alpha value is -9.76. The van der Waals surface area contributed by atoms with Gasteiger partial charge in [-0.25, -0.2) is 0 Å². The fraction of sp³-hybridized carbons (Fsp3) is 0.0270. The molecule has 76 heavy (non-hydrogen) atoms. The number of aromatic nitrogens is 1. The van der Waals surface area contributed by atoms with Gasteiger partial charge in [0.1, 0.15) is 0 Å². The van der Waals surface area contributed by atoms with Gasteiger partial charge in [-0.2, -0.15) is 0 Å². The van der Waals surface area contributed by atoms with E-state index in [1.165, 1.54) is 94.1 Å². The predicted octanol–water partition coefficient (Wildman–Crippen LogP) is 18.6. The molecule has 15 rings (SSSR count). The van der Waals surface area contributed by atoms with E-state index in [-0.39, 0.29) is 0 Å². The Morgan fingerprint density at radius 1 is 0.250 bits per heavy atom. The molecule has 2 nitrogen and oxygen atoms in total. The molecular weight excluding hydrogens is 917 g/mol. The van der Waals surface area contributed by atoms with Crippen LogP contribution in [0.4, 0.5) is 17.1 Å². The monoisotopic (exact) mass is 966 g/mol. The Kier molecular flexibility index (Phi) is 10.0. The molecule has 12 aromatic carbocycles. The van der Waals surface area contributed by atoms with Crippen molar-refractivity contribution in [3.05, 3.63) is 348 Å². The number of benzene rings is 12. The van der Waals surface area contributed by atoms with Gasteiger partial charge in [-0.15, -0.1) is 0 Å². The standard InChI is InChI=1S/C74H50N2/c1-5-22-53(23-6-1)73(54-24-7-2-8-25-54)67-36-17-15-34-63(67)64-47-45-60(50-70(64)73)75(58-43-40-51(41-44-58)52-42-46-66-65-35-16-20-39-71(65)76(72(66)48-52)57-29-11-4-12-30-57)59-31-21-28-56(49-59)74(55-26-9-3-10-27-55)68-37-18-13-32-61(68)62-33-14-19-38-69(62)74/h1-50H. The van der Waals surface area contributed by atoms with E-state index in [1.807, 2.05) is 0 Å². The van der Waals surface area contributed by atoms with Crippen LogP contribution >= 0.6 is 0 Å². The number of hydrogen-bond acceptors (Lipinski definition) is 1. The lowest BCUT2D eigenvalue weighted by atomic mass is 9.67. The normalized spacial score (nSPS) is 13.5. The molecule has 0 saturated heterocycles. The Balaban J connectivity index is 0.952. The van der Waals surface area contributed by atoms with Gasteiger partial charge in [-0.1, -0.05) is 243 Å². The van der Waals surface area contributed by atoms with Gasteiger partial charge in [0.15, 0.2) is 0 Å². The fourth-order valence-corrected chi connectivity index (χ4v) is 13.4. The third-order valence-electron chi connectivity index (χ3n) is 16.5. The summed E-state index contributed by atoms with van der Waals surface area (Å²) in [6.45, 7) is 0. The van der Waals surface area contributed by atoms with Crippen LogP contribution in [0, 0.1) is 0 Å². The van der Waals surface area contributed by atoms with Crippen LogP contribution in [-0.4, -0.2) is 4.57 Å². The van der Waals surface area contributed by atoms with E-state index >= 15 is 0 Å². The lowest BCUT2D eigenvalue weighted by molar-refractivity contribution is 0.767. The zero-order valence-electron chi connectivity index (χ0n) is 41.8. The summed E-state index contributed by atoms with van der Waals surface area (Å²) in [5.74, 6) is 0. The highest BCUT2D eigenvalue weighted by atomic mass is 15.1. The fourth-order valence-electron chi connectivity index (χ4n) is 13.4. The Morgan fingerprint density at radius 2 is 0.684 bits per heavy atom. The molecule has 356 valence electrons. The van der Waals surface area contributed by atoms with Crippen molar-refractivity contribution >= 4 is 38.9 Å². The molecule has 0 aliphatic heterocycles. The highest BCUT2D eigenvalue weighted by Gasteiger charge is 2.48. The van der Waals surface area contributed by atoms with E-state index < -0.39 is 10.8 Å². The second-order valence-corrected chi connectivity index (χ2v) is 20.3. The first kappa shape index (κ1) is 43.8. The summed E-state index contributed by atoms with van der Waals surface area (Å²) >= 11 is 0. The number of rotatable bonds is 9. The number of nitrogens with zero attached hydrogens (tertiary/aromatic N) is 2. The Morgan fingerprint density at radius 3 is 1.28 bits per heavy atom. The first-order valence-corrected chi connectivity index (χ1v) is 26.4. The first-order valence-electron chi connectivity index (χ1n) is 26.4. The van der Waals surface area contributed by atoms with Crippen molar-refractivity contribution in [2.24, 2.45) is 0 Å². The summed E-state index contributed by atoms with van der Waals surface area (Å²) in [4.78, 5) is 2.49. The molecule has 0 atom stereocenters. The van der Waals surface area contributed by atoms with E-state index in [0.717, 1.165) is 28.3 Å². The van der Waals surface area contributed by atoms with Crippen molar-refractivity contribution < 1.29 is 0 Å². The molecule has 0 unspecified atom stereocenters. The van der Waals surface area contributed by atoms with Crippen molar-refractivity contribution in [2.45, 2.75) is 10.8 Å². The topological polar surface area (TPSA) is 8.17 Å². The lowest BCUT2D eigenvalue weighted by Gasteiger charge is -2.36. The summed E-state index contributed by atoms with van der Waals surface area (Å²) in [5, 5.41) is 2.49. The van der Waals surface area contributed by atoms with E-state index in [4.69, 9.17) is 0 Å². The van der Waals surface area contributed by atoms with Crippen LogP contribution in [0.3, 0.4) is 0 Å². The summed E-state index contributed by atoms with van der Waals surface area (Å²) < 4.78 is 2.40. The van der Waals surface area contributed by atoms with E-state index in [9.17, 15) is 0 Å². The number of hydrogen-bond donors (Lipinski definition) is 0. The Bertz CT molecular complexity index is 4240.